The van der Waals surface area contributed by atoms with Gasteiger partial charge < -0.3 is 9.84 Å². The van der Waals surface area contributed by atoms with Gasteiger partial charge in [-0.3, -0.25) is 14.7 Å². The molecule has 33 heavy (non-hydrogen) atoms. The van der Waals surface area contributed by atoms with Gasteiger partial charge in [-0.2, -0.15) is 0 Å². The molecule has 2 unspecified atom stereocenters. The summed E-state index contributed by atoms with van der Waals surface area (Å²) in [5.41, 5.74) is 4.08. The normalized spacial score (nSPS) is 17.2. The van der Waals surface area contributed by atoms with Gasteiger partial charge in [-0.1, -0.05) is 60.7 Å². The average Bonchev–Trinajstić information content (AvgIpc) is 3.34. The van der Waals surface area contributed by atoms with Crippen LogP contribution < -0.4 is 4.74 Å². The summed E-state index contributed by atoms with van der Waals surface area (Å²) in [4.78, 5) is 18.7. The van der Waals surface area contributed by atoms with E-state index < -0.39 is 12.0 Å². The monoisotopic (exact) mass is 438 g/mol. The maximum absolute atomic E-state index is 12.0. The highest BCUT2D eigenvalue weighted by Gasteiger charge is 2.37. The second-order valence-electron chi connectivity index (χ2n) is 8.44. The number of likely N-dealkylation sites (tertiary alicyclic amines) is 1. The lowest BCUT2D eigenvalue weighted by Gasteiger charge is -2.32. The Morgan fingerprint density at radius 1 is 1.00 bits per heavy atom. The van der Waals surface area contributed by atoms with Gasteiger partial charge in [-0.15, -0.1) is 0 Å². The lowest BCUT2D eigenvalue weighted by atomic mass is 9.96. The van der Waals surface area contributed by atoms with E-state index in [1.54, 1.807) is 0 Å². The smallest absolute Gasteiger partial charge is 0.320 e. The Morgan fingerprint density at radius 3 is 2.55 bits per heavy atom. The number of rotatable bonds is 7. The Bertz CT molecular complexity index is 1240. The van der Waals surface area contributed by atoms with E-state index in [0.29, 0.717) is 13.0 Å². The summed E-state index contributed by atoms with van der Waals surface area (Å²) in [6.45, 7) is 1.24. The lowest BCUT2D eigenvalue weighted by molar-refractivity contribution is -0.142. The molecular weight excluding hydrogens is 412 g/mol. The number of carbonyl (C=O) groups is 1. The van der Waals surface area contributed by atoms with Gasteiger partial charge in [0, 0.05) is 18.1 Å². The van der Waals surface area contributed by atoms with Crippen LogP contribution in [0.1, 0.15) is 35.6 Å². The molecule has 5 rings (SSSR count). The van der Waals surface area contributed by atoms with Crippen LogP contribution in [0.15, 0.2) is 91.1 Å². The third-order valence-corrected chi connectivity index (χ3v) is 6.28. The van der Waals surface area contributed by atoms with Gasteiger partial charge in [-0.25, -0.2) is 0 Å². The summed E-state index contributed by atoms with van der Waals surface area (Å²) in [5.74, 6) is 0.0169. The number of benzene rings is 3. The standard InChI is InChI=1S/C28H26N2O3/c31-28(32)26-11-6-16-30(26)27(23-17-22-9-4-5-10-25(22)29-18-23)21-12-14-24(15-13-21)33-19-20-7-2-1-3-8-20/h1-5,7-10,12-15,17-18,26-27H,6,11,16,19H2,(H,31,32). The number of carboxylic acid groups (broad SMARTS) is 1. The molecule has 3 aromatic carbocycles. The van der Waals surface area contributed by atoms with E-state index in [1.807, 2.05) is 85.1 Å². The van der Waals surface area contributed by atoms with Crippen molar-refractivity contribution in [2.45, 2.75) is 31.5 Å². The molecule has 1 N–H and O–H groups in total. The van der Waals surface area contributed by atoms with Crippen molar-refractivity contribution < 1.29 is 14.6 Å². The van der Waals surface area contributed by atoms with E-state index in [4.69, 9.17) is 4.74 Å². The van der Waals surface area contributed by atoms with E-state index in [-0.39, 0.29) is 6.04 Å². The van der Waals surface area contributed by atoms with Gasteiger partial charge >= 0.3 is 5.97 Å². The largest absolute Gasteiger partial charge is 0.489 e. The maximum Gasteiger partial charge on any atom is 0.320 e. The van der Waals surface area contributed by atoms with Crippen LogP contribution in [0.3, 0.4) is 0 Å². The number of aromatic nitrogens is 1. The summed E-state index contributed by atoms with van der Waals surface area (Å²) < 4.78 is 5.95. The third-order valence-electron chi connectivity index (χ3n) is 6.28. The van der Waals surface area contributed by atoms with Crippen molar-refractivity contribution in [2.24, 2.45) is 0 Å². The highest BCUT2D eigenvalue weighted by molar-refractivity contribution is 5.79. The molecule has 4 aromatic rings. The first kappa shape index (κ1) is 21.2. The molecule has 0 bridgehead atoms. The second kappa shape index (κ2) is 9.43. The van der Waals surface area contributed by atoms with Crippen molar-refractivity contribution in [1.82, 2.24) is 9.88 Å². The third kappa shape index (κ3) is 4.59. The van der Waals surface area contributed by atoms with Gasteiger partial charge in [0.25, 0.3) is 0 Å². The van der Waals surface area contributed by atoms with E-state index in [9.17, 15) is 9.90 Å². The molecule has 1 aromatic heterocycles. The molecular formula is C28H26N2O3. The van der Waals surface area contributed by atoms with E-state index in [1.165, 1.54) is 0 Å². The number of para-hydroxylation sites is 1. The molecule has 1 aliphatic rings. The summed E-state index contributed by atoms with van der Waals surface area (Å²) >= 11 is 0. The average molecular weight is 439 g/mol. The molecule has 166 valence electrons. The maximum atomic E-state index is 12.0. The number of hydrogen-bond donors (Lipinski definition) is 1. The number of aliphatic carboxylic acids is 1. The predicted octanol–water partition coefficient (Wildman–Crippen LogP) is 5.45. The van der Waals surface area contributed by atoms with Crippen molar-refractivity contribution in [3.05, 3.63) is 108 Å². The van der Waals surface area contributed by atoms with Crippen molar-refractivity contribution in [3.63, 3.8) is 0 Å². The Kier molecular flexibility index (Phi) is 6.05. The minimum atomic E-state index is -0.769. The lowest BCUT2D eigenvalue weighted by Crippen LogP contribution is -2.39. The number of fused-ring (bicyclic) bond motifs is 1. The fourth-order valence-corrected chi connectivity index (χ4v) is 4.66. The first-order valence-corrected chi connectivity index (χ1v) is 11.3. The molecule has 0 amide bonds. The van der Waals surface area contributed by atoms with E-state index >= 15 is 0 Å². The molecule has 1 aliphatic heterocycles. The molecule has 0 aliphatic carbocycles. The zero-order valence-electron chi connectivity index (χ0n) is 18.3. The molecule has 1 fully saturated rings. The summed E-state index contributed by atoms with van der Waals surface area (Å²) in [7, 11) is 0. The summed E-state index contributed by atoms with van der Waals surface area (Å²) in [6, 6.07) is 27.5. The quantitative estimate of drug-likeness (QED) is 0.416. The Balaban J connectivity index is 1.46. The van der Waals surface area contributed by atoms with E-state index in [2.05, 4.69) is 16.0 Å². The second-order valence-corrected chi connectivity index (χ2v) is 8.44. The fourth-order valence-electron chi connectivity index (χ4n) is 4.66. The Hall–Kier alpha value is -3.70. The van der Waals surface area contributed by atoms with Crippen LogP contribution in [0, 0.1) is 0 Å². The van der Waals surface area contributed by atoms with Crippen LogP contribution in [0.2, 0.25) is 0 Å². The number of ether oxygens (including phenoxy) is 1. The number of nitrogens with zero attached hydrogens (tertiary/aromatic N) is 2. The van der Waals surface area contributed by atoms with Gasteiger partial charge in [0.15, 0.2) is 0 Å². The zero-order chi connectivity index (χ0) is 22.6. The number of hydrogen-bond acceptors (Lipinski definition) is 4. The fraction of sp³-hybridized carbons (Fsp3) is 0.214. The number of pyridine rings is 1. The van der Waals surface area contributed by atoms with Crippen molar-refractivity contribution in [2.75, 3.05) is 6.54 Å². The predicted molar refractivity (Wildman–Crippen MR) is 128 cm³/mol. The molecule has 0 radical (unpaired) electrons. The first-order chi connectivity index (χ1) is 16.2. The minimum absolute atomic E-state index is 0.186. The van der Waals surface area contributed by atoms with Gasteiger partial charge in [0.05, 0.1) is 11.6 Å². The molecule has 0 saturated carbocycles. The van der Waals surface area contributed by atoms with Gasteiger partial charge in [-0.05, 0) is 53.8 Å². The SMILES string of the molecule is O=C(O)C1CCCN1C(c1ccc(OCc2ccccc2)cc1)c1cnc2ccccc2c1. The Morgan fingerprint density at radius 2 is 1.76 bits per heavy atom. The Labute approximate surface area is 193 Å². The topological polar surface area (TPSA) is 62.7 Å². The van der Waals surface area contributed by atoms with E-state index in [0.717, 1.165) is 46.3 Å². The molecule has 2 atom stereocenters. The molecule has 1 saturated heterocycles. The highest BCUT2D eigenvalue weighted by atomic mass is 16.5. The summed E-state index contributed by atoms with van der Waals surface area (Å²) in [6.07, 6.45) is 3.40. The van der Waals surface area contributed by atoms with Gasteiger partial charge in [0.1, 0.15) is 18.4 Å². The molecule has 2 heterocycles. The van der Waals surface area contributed by atoms with Gasteiger partial charge in [0.2, 0.25) is 0 Å². The van der Waals surface area contributed by atoms with Crippen LogP contribution in [0.4, 0.5) is 0 Å². The first-order valence-electron chi connectivity index (χ1n) is 11.3. The van der Waals surface area contributed by atoms with Crippen LogP contribution in [-0.4, -0.2) is 33.5 Å². The minimum Gasteiger partial charge on any atom is -0.489 e. The van der Waals surface area contributed by atoms with Crippen LogP contribution in [-0.2, 0) is 11.4 Å². The van der Waals surface area contributed by atoms with Crippen molar-refractivity contribution in [1.29, 1.82) is 0 Å². The van der Waals surface area contributed by atoms with Crippen LogP contribution >= 0.6 is 0 Å². The zero-order valence-corrected chi connectivity index (χ0v) is 18.3. The highest BCUT2D eigenvalue weighted by Crippen LogP contribution is 2.36. The van der Waals surface area contributed by atoms with Crippen LogP contribution in [0.5, 0.6) is 5.75 Å². The number of carboxylic acids is 1. The molecule has 5 heteroatoms. The van der Waals surface area contributed by atoms with Crippen LogP contribution in [0.25, 0.3) is 10.9 Å². The summed E-state index contributed by atoms with van der Waals surface area (Å²) in [5, 5.41) is 10.9. The molecule has 5 nitrogen and oxygen atoms in total. The van der Waals surface area contributed by atoms with Crippen molar-refractivity contribution >= 4 is 16.9 Å². The van der Waals surface area contributed by atoms with Crippen molar-refractivity contribution in [3.8, 4) is 5.75 Å². The molecule has 0 spiro atoms.